The largest absolute Gasteiger partial charge is 0.303 e. The van der Waals surface area contributed by atoms with Gasteiger partial charge in [0.15, 0.2) is 0 Å². The predicted octanol–water partition coefficient (Wildman–Crippen LogP) is 2.59. The molecule has 3 aliphatic rings. The molecule has 0 aromatic rings. The summed E-state index contributed by atoms with van der Waals surface area (Å²) in [5.74, 6) is 1.31. The lowest BCUT2D eigenvalue weighted by molar-refractivity contribution is 0.521. The van der Waals surface area contributed by atoms with Crippen LogP contribution < -0.4 is 5.32 Å². The van der Waals surface area contributed by atoms with Gasteiger partial charge in [-0.1, -0.05) is 47.6 Å². The summed E-state index contributed by atoms with van der Waals surface area (Å²) in [6.45, 7) is 4.38. The Morgan fingerprint density at radius 2 is 1.33 bits per heavy atom. The van der Waals surface area contributed by atoms with Gasteiger partial charge in [0.1, 0.15) is 0 Å². The van der Waals surface area contributed by atoms with Crippen molar-refractivity contribution in [1.29, 1.82) is 0 Å². The fourth-order valence-electron chi connectivity index (χ4n) is 2.95. The molecule has 0 saturated carbocycles. The van der Waals surface area contributed by atoms with Crippen molar-refractivity contribution in [2.24, 2.45) is 11.8 Å². The number of nitrogens with one attached hydrogen (secondary N) is 1. The van der Waals surface area contributed by atoms with Crippen molar-refractivity contribution in [1.82, 2.24) is 5.32 Å². The van der Waals surface area contributed by atoms with Crippen molar-refractivity contribution in [2.75, 3.05) is 0 Å². The first kappa shape index (κ1) is 9.17. The van der Waals surface area contributed by atoms with E-state index >= 15 is 0 Å². The highest BCUT2D eigenvalue weighted by molar-refractivity contribution is 5.36. The molecule has 0 amide bonds. The summed E-state index contributed by atoms with van der Waals surface area (Å²) in [5.41, 5.74) is 2.80. The van der Waals surface area contributed by atoms with E-state index in [9.17, 15) is 0 Å². The molecule has 1 nitrogen and oxygen atoms in total. The maximum atomic E-state index is 3.67. The van der Waals surface area contributed by atoms with Crippen LogP contribution in [0.4, 0.5) is 0 Å². The molecule has 1 aliphatic heterocycles. The van der Waals surface area contributed by atoms with Crippen LogP contribution in [0.2, 0.25) is 0 Å². The zero-order valence-corrected chi connectivity index (χ0v) is 9.27. The second-order valence-corrected chi connectivity index (χ2v) is 4.91. The van der Waals surface area contributed by atoms with Crippen molar-refractivity contribution >= 4 is 0 Å². The highest BCUT2D eigenvalue weighted by Crippen LogP contribution is 2.37. The Labute approximate surface area is 91.3 Å². The van der Waals surface area contributed by atoms with E-state index in [0.717, 1.165) is 0 Å². The minimum atomic E-state index is 0.538. The number of hydrogen-bond acceptors (Lipinski definition) is 1. The van der Waals surface area contributed by atoms with Crippen LogP contribution in [0.3, 0.4) is 0 Å². The lowest BCUT2D eigenvalue weighted by Gasteiger charge is -2.23. The van der Waals surface area contributed by atoms with E-state index in [1.807, 2.05) is 0 Å². The molecule has 0 aromatic heterocycles. The fourth-order valence-corrected chi connectivity index (χ4v) is 2.95. The second-order valence-electron chi connectivity index (χ2n) is 4.91. The van der Waals surface area contributed by atoms with Crippen LogP contribution in [0.5, 0.6) is 0 Å². The minimum absolute atomic E-state index is 0.538. The van der Waals surface area contributed by atoms with Crippen molar-refractivity contribution in [3.63, 3.8) is 0 Å². The molecular weight excluding hydrogens is 182 g/mol. The minimum Gasteiger partial charge on any atom is -0.303 e. The first-order valence-corrected chi connectivity index (χ1v) is 5.73. The topological polar surface area (TPSA) is 12.0 Å². The number of allylic oxidation sites excluding steroid dienone is 4. The molecule has 4 unspecified atom stereocenters. The van der Waals surface area contributed by atoms with E-state index in [-0.39, 0.29) is 0 Å². The van der Waals surface area contributed by atoms with Gasteiger partial charge in [-0.2, -0.15) is 0 Å². The van der Waals surface area contributed by atoms with E-state index in [1.54, 1.807) is 0 Å². The molecule has 0 aromatic carbocycles. The van der Waals surface area contributed by atoms with Gasteiger partial charge in [0.2, 0.25) is 0 Å². The van der Waals surface area contributed by atoms with Crippen molar-refractivity contribution < 1.29 is 0 Å². The maximum absolute atomic E-state index is 3.67. The molecular formula is C14H17N. The number of rotatable bonds is 0. The Bertz CT molecular complexity index is 360. The first-order valence-electron chi connectivity index (χ1n) is 5.73. The molecule has 0 radical (unpaired) electrons. The van der Waals surface area contributed by atoms with Gasteiger partial charge in [-0.3, -0.25) is 0 Å². The Hall–Kier alpha value is -1.08. The van der Waals surface area contributed by atoms with Crippen LogP contribution in [-0.2, 0) is 0 Å². The highest BCUT2D eigenvalue weighted by Gasteiger charge is 2.39. The average molecular weight is 199 g/mol. The third-order valence-corrected chi connectivity index (χ3v) is 3.70. The van der Waals surface area contributed by atoms with Crippen molar-refractivity contribution in [3.05, 3.63) is 47.6 Å². The Kier molecular flexibility index (Phi) is 1.96. The summed E-state index contributed by atoms with van der Waals surface area (Å²) >= 11 is 0. The number of fused-ring (bicyclic) bond motifs is 3. The molecule has 78 valence electrons. The summed E-state index contributed by atoms with van der Waals surface area (Å²) in [7, 11) is 0. The van der Waals surface area contributed by atoms with Gasteiger partial charge < -0.3 is 5.32 Å². The predicted molar refractivity (Wildman–Crippen MR) is 63.5 cm³/mol. The van der Waals surface area contributed by atoms with Crippen LogP contribution in [0, 0.1) is 11.8 Å². The van der Waals surface area contributed by atoms with Crippen LogP contribution >= 0.6 is 0 Å². The van der Waals surface area contributed by atoms with Gasteiger partial charge in [0.05, 0.1) is 0 Å². The molecule has 1 N–H and O–H groups in total. The summed E-state index contributed by atoms with van der Waals surface area (Å²) in [4.78, 5) is 0. The Balaban J connectivity index is 1.96. The van der Waals surface area contributed by atoms with E-state index in [4.69, 9.17) is 0 Å². The van der Waals surface area contributed by atoms with Gasteiger partial charge in [-0.15, -0.1) is 0 Å². The van der Waals surface area contributed by atoms with E-state index in [0.29, 0.717) is 23.9 Å². The van der Waals surface area contributed by atoms with Gasteiger partial charge in [-0.05, 0) is 13.8 Å². The van der Waals surface area contributed by atoms with Crippen LogP contribution in [0.1, 0.15) is 13.8 Å². The normalized spacial score (nSPS) is 42.0. The molecule has 4 atom stereocenters. The molecule has 3 rings (SSSR count). The second kappa shape index (κ2) is 3.21. The lowest BCUT2D eigenvalue weighted by atomic mass is 9.80. The van der Waals surface area contributed by atoms with Crippen LogP contribution in [0.25, 0.3) is 0 Å². The highest BCUT2D eigenvalue weighted by atomic mass is 15.0. The molecule has 1 heterocycles. The molecule has 1 saturated heterocycles. The lowest BCUT2D eigenvalue weighted by Crippen LogP contribution is -2.29. The van der Waals surface area contributed by atoms with Gasteiger partial charge >= 0.3 is 0 Å². The fraction of sp³-hybridized carbons (Fsp3) is 0.429. The van der Waals surface area contributed by atoms with Crippen LogP contribution in [-0.4, -0.2) is 12.1 Å². The molecule has 1 fully saturated rings. The van der Waals surface area contributed by atoms with Gasteiger partial charge in [-0.25, -0.2) is 0 Å². The molecule has 1 heteroatoms. The van der Waals surface area contributed by atoms with Gasteiger partial charge in [0.25, 0.3) is 0 Å². The summed E-state index contributed by atoms with van der Waals surface area (Å²) in [6.07, 6.45) is 13.9. The Morgan fingerprint density at radius 1 is 0.867 bits per heavy atom. The molecule has 2 aliphatic carbocycles. The van der Waals surface area contributed by atoms with E-state index < -0.39 is 0 Å². The monoisotopic (exact) mass is 199 g/mol. The van der Waals surface area contributed by atoms with E-state index in [2.05, 4.69) is 55.6 Å². The average Bonchev–Trinajstić information content (AvgIpc) is 2.56. The maximum Gasteiger partial charge on any atom is 0.0328 e. The smallest absolute Gasteiger partial charge is 0.0328 e. The van der Waals surface area contributed by atoms with E-state index in [1.165, 1.54) is 11.1 Å². The first-order chi connectivity index (χ1) is 7.24. The summed E-state index contributed by atoms with van der Waals surface area (Å²) < 4.78 is 0. The van der Waals surface area contributed by atoms with Crippen molar-refractivity contribution in [3.8, 4) is 0 Å². The zero-order chi connectivity index (χ0) is 10.4. The standard InChI is InChI=1S/C14H17N/c1-9-3-5-13-11(7-9)12-8-10(2)4-6-14(12)15-13/h3-8,11-15H,1-2H3. The summed E-state index contributed by atoms with van der Waals surface area (Å²) in [5, 5.41) is 3.67. The third kappa shape index (κ3) is 1.42. The summed E-state index contributed by atoms with van der Waals surface area (Å²) in [6, 6.07) is 1.08. The molecule has 0 bridgehead atoms. The van der Waals surface area contributed by atoms with Gasteiger partial charge in [0, 0.05) is 23.9 Å². The quantitative estimate of drug-likeness (QED) is 0.632. The Morgan fingerprint density at radius 3 is 1.80 bits per heavy atom. The SMILES string of the molecule is CC1=CC2C(C=C1)NC1C=CC(C)=CC12. The number of hydrogen-bond donors (Lipinski definition) is 1. The third-order valence-electron chi connectivity index (χ3n) is 3.70. The zero-order valence-electron chi connectivity index (χ0n) is 9.27. The van der Waals surface area contributed by atoms with Crippen molar-refractivity contribution in [2.45, 2.75) is 25.9 Å². The molecule has 15 heavy (non-hydrogen) atoms. The van der Waals surface area contributed by atoms with Crippen LogP contribution in [0.15, 0.2) is 47.6 Å². The molecule has 0 spiro atoms.